The molecule has 0 aromatic heterocycles. The molecule has 1 aromatic rings. The fourth-order valence-electron chi connectivity index (χ4n) is 3.00. The predicted molar refractivity (Wildman–Crippen MR) is 81.7 cm³/mol. The first-order valence-corrected chi connectivity index (χ1v) is 7.72. The van der Waals surface area contributed by atoms with Crippen LogP contribution in [0.2, 0.25) is 0 Å². The molecule has 1 aromatic carbocycles. The molecule has 5 nitrogen and oxygen atoms in total. The molecule has 0 bridgehead atoms. The quantitative estimate of drug-likeness (QED) is 0.931. The third-order valence-electron chi connectivity index (χ3n) is 4.44. The van der Waals surface area contributed by atoms with E-state index in [1.54, 1.807) is 12.1 Å². The largest absolute Gasteiger partial charge is 0.441 e. The lowest BCUT2D eigenvalue weighted by Gasteiger charge is -2.32. The topological polar surface area (TPSA) is 53.0 Å². The Kier molecular flexibility index (Phi) is 4.20. The summed E-state index contributed by atoms with van der Waals surface area (Å²) in [6.45, 7) is 3.95. The second-order valence-electron chi connectivity index (χ2n) is 6.10. The standard InChI is InChI=1S/C16H21FN2O3/c1-11-4-6-18(7-5-11)15-3-2-12(8-14(15)17)19-9-13(10-20)22-16(19)21/h2-3,8,11,13,20H,4-7,9-10H2,1H3/t13-/m1/s1. The number of cyclic esters (lactones) is 1. The van der Waals surface area contributed by atoms with Crippen molar-refractivity contribution >= 4 is 17.5 Å². The maximum Gasteiger partial charge on any atom is 0.414 e. The number of piperidine rings is 1. The second kappa shape index (κ2) is 6.12. The van der Waals surface area contributed by atoms with E-state index in [4.69, 9.17) is 9.84 Å². The summed E-state index contributed by atoms with van der Waals surface area (Å²) >= 11 is 0. The molecular formula is C16H21FN2O3. The molecule has 2 aliphatic heterocycles. The second-order valence-corrected chi connectivity index (χ2v) is 6.10. The van der Waals surface area contributed by atoms with Gasteiger partial charge in [-0.15, -0.1) is 0 Å². The van der Waals surface area contributed by atoms with E-state index in [2.05, 4.69) is 11.8 Å². The molecule has 2 aliphatic rings. The van der Waals surface area contributed by atoms with E-state index in [0.717, 1.165) is 25.9 Å². The fourth-order valence-corrected chi connectivity index (χ4v) is 3.00. The fraction of sp³-hybridized carbons (Fsp3) is 0.562. The normalized spacial score (nSPS) is 23.0. The molecule has 0 radical (unpaired) electrons. The highest BCUT2D eigenvalue weighted by molar-refractivity contribution is 5.90. The van der Waals surface area contributed by atoms with Crippen LogP contribution in [0, 0.1) is 11.7 Å². The van der Waals surface area contributed by atoms with E-state index in [0.29, 0.717) is 17.3 Å². The number of hydrogen-bond donors (Lipinski definition) is 1. The molecule has 0 aliphatic carbocycles. The summed E-state index contributed by atoms with van der Waals surface area (Å²) in [5.41, 5.74) is 1.05. The van der Waals surface area contributed by atoms with Crippen molar-refractivity contribution in [3.8, 4) is 0 Å². The van der Waals surface area contributed by atoms with Gasteiger partial charge in [0.15, 0.2) is 0 Å². The third kappa shape index (κ3) is 2.88. The minimum absolute atomic E-state index is 0.227. The minimum atomic E-state index is -0.544. The van der Waals surface area contributed by atoms with E-state index < -0.39 is 12.2 Å². The number of amides is 1. The molecule has 1 atom stereocenters. The van der Waals surface area contributed by atoms with Gasteiger partial charge in [0.25, 0.3) is 0 Å². The average molecular weight is 308 g/mol. The van der Waals surface area contributed by atoms with Crippen LogP contribution in [0.3, 0.4) is 0 Å². The van der Waals surface area contributed by atoms with Gasteiger partial charge in [-0.2, -0.15) is 0 Å². The number of anilines is 2. The zero-order valence-corrected chi connectivity index (χ0v) is 12.7. The number of aliphatic hydroxyl groups excluding tert-OH is 1. The zero-order valence-electron chi connectivity index (χ0n) is 12.7. The lowest BCUT2D eigenvalue weighted by Crippen LogP contribution is -2.33. The number of aliphatic hydroxyl groups is 1. The van der Waals surface area contributed by atoms with Crippen molar-refractivity contribution in [2.45, 2.75) is 25.9 Å². The number of ether oxygens (including phenoxy) is 1. The third-order valence-corrected chi connectivity index (χ3v) is 4.44. The van der Waals surface area contributed by atoms with Crippen LogP contribution in [-0.2, 0) is 4.74 Å². The van der Waals surface area contributed by atoms with Gasteiger partial charge in [-0.25, -0.2) is 9.18 Å². The van der Waals surface area contributed by atoms with Gasteiger partial charge in [-0.1, -0.05) is 6.92 Å². The summed E-state index contributed by atoms with van der Waals surface area (Å²) in [6.07, 6.45) is 1.05. The number of carbonyl (C=O) groups is 1. The van der Waals surface area contributed by atoms with Crippen LogP contribution in [0.15, 0.2) is 18.2 Å². The van der Waals surface area contributed by atoms with E-state index in [1.807, 2.05) is 0 Å². The Hall–Kier alpha value is -1.82. The van der Waals surface area contributed by atoms with Crippen molar-refractivity contribution in [3.05, 3.63) is 24.0 Å². The highest BCUT2D eigenvalue weighted by atomic mass is 19.1. The highest BCUT2D eigenvalue weighted by Crippen LogP contribution is 2.30. The van der Waals surface area contributed by atoms with Gasteiger partial charge in [0.1, 0.15) is 11.9 Å². The summed E-state index contributed by atoms with van der Waals surface area (Å²) in [5, 5.41) is 9.05. The number of nitrogens with zero attached hydrogens (tertiary/aromatic N) is 2. The molecule has 2 fully saturated rings. The molecule has 0 saturated carbocycles. The zero-order chi connectivity index (χ0) is 15.7. The Labute approximate surface area is 129 Å². The molecule has 120 valence electrons. The van der Waals surface area contributed by atoms with Crippen molar-refractivity contribution in [1.29, 1.82) is 0 Å². The van der Waals surface area contributed by atoms with Crippen molar-refractivity contribution in [3.63, 3.8) is 0 Å². The SMILES string of the molecule is CC1CCN(c2ccc(N3C[C@H](CO)OC3=O)cc2F)CC1. The van der Waals surface area contributed by atoms with Gasteiger partial charge in [0, 0.05) is 13.1 Å². The summed E-state index contributed by atoms with van der Waals surface area (Å²) < 4.78 is 19.4. The number of halogens is 1. The Bertz CT molecular complexity index is 558. The lowest BCUT2D eigenvalue weighted by atomic mass is 9.99. The lowest BCUT2D eigenvalue weighted by molar-refractivity contribution is 0.0963. The van der Waals surface area contributed by atoms with E-state index in [1.165, 1.54) is 11.0 Å². The molecule has 6 heteroatoms. The summed E-state index contributed by atoms with van der Waals surface area (Å²) in [7, 11) is 0. The van der Waals surface area contributed by atoms with E-state index in [-0.39, 0.29) is 19.0 Å². The van der Waals surface area contributed by atoms with Crippen LogP contribution < -0.4 is 9.80 Å². The molecule has 0 unspecified atom stereocenters. The Morgan fingerprint density at radius 2 is 2.09 bits per heavy atom. The predicted octanol–water partition coefficient (Wildman–Crippen LogP) is 2.38. The van der Waals surface area contributed by atoms with Gasteiger partial charge < -0.3 is 14.7 Å². The monoisotopic (exact) mass is 308 g/mol. The number of benzene rings is 1. The molecular weight excluding hydrogens is 287 g/mol. The smallest absolute Gasteiger partial charge is 0.414 e. The van der Waals surface area contributed by atoms with Gasteiger partial charge in [0.05, 0.1) is 24.5 Å². The number of hydrogen-bond acceptors (Lipinski definition) is 4. The van der Waals surface area contributed by atoms with Crippen molar-refractivity contribution in [2.75, 3.05) is 36.0 Å². The first-order chi connectivity index (χ1) is 10.6. The van der Waals surface area contributed by atoms with E-state index in [9.17, 15) is 9.18 Å². The van der Waals surface area contributed by atoms with Crippen LogP contribution >= 0.6 is 0 Å². The summed E-state index contributed by atoms with van der Waals surface area (Å²) in [5.74, 6) is 0.362. The van der Waals surface area contributed by atoms with Crippen molar-refractivity contribution < 1.29 is 19.0 Å². The van der Waals surface area contributed by atoms with E-state index >= 15 is 0 Å². The summed E-state index contributed by atoms with van der Waals surface area (Å²) in [4.78, 5) is 15.1. The van der Waals surface area contributed by atoms with Crippen LogP contribution in [-0.4, -0.2) is 43.5 Å². The Morgan fingerprint density at radius 3 is 2.68 bits per heavy atom. The molecule has 3 rings (SSSR count). The maximum atomic E-state index is 14.4. The minimum Gasteiger partial charge on any atom is -0.441 e. The molecule has 0 spiro atoms. The van der Waals surface area contributed by atoms with Gasteiger partial charge in [-0.3, -0.25) is 4.90 Å². The van der Waals surface area contributed by atoms with Gasteiger partial charge >= 0.3 is 6.09 Å². The van der Waals surface area contributed by atoms with Crippen molar-refractivity contribution in [1.82, 2.24) is 0 Å². The average Bonchev–Trinajstić information content (AvgIpc) is 2.89. The van der Waals surface area contributed by atoms with Crippen LogP contribution in [0.5, 0.6) is 0 Å². The molecule has 1 N–H and O–H groups in total. The highest BCUT2D eigenvalue weighted by Gasteiger charge is 2.32. The Balaban J connectivity index is 1.76. The molecule has 2 heterocycles. The maximum absolute atomic E-state index is 14.4. The number of rotatable bonds is 3. The van der Waals surface area contributed by atoms with Crippen LogP contribution in [0.4, 0.5) is 20.6 Å². The first kappa shape index (κ1) is 15.1. The molecule has 2 saturated heterocycles. The van der Waals surface area contributed by atoms with Crippen LogP contribution in [0.1, 0.15) is 19.8 Å². The van der Waals surface area contributed by atoms with Gasteiger partial charge in [-0.05, 0) is 37.0 Å². The number of carbonyl (C=O) groups excluding carboxylic acids is 1. The van der Waals surface area contributed by atoms with Crippen LogP contribution in [0.25, 0.3) is 0 Å². The first-order valence-electron chi connectivity index (χ1n) is 7.72. The molecule has 1 amide bonds. The summed E-state index contributed by atoms with van der Waals surface area (Å²) in [6, 6.07) is 4.83. The molecule has 22 heavy (non-hydrogen) atoms. The Morgan fingerprint density at radius 1 is 1.36 bits per heavy atom. The van der Waals surface area contributed by atoms with Crippen molar-refractivity contribution in [2.24, 2.45) is 5.92 Å². The van der Waals surface area contributed by atoms with Gasteiger partial charge in [0.2, 0.25) is 0 Å².